The molecule has 1 heterocycles. The van der Waals surface area contributed by atoms with Gasteiger partial charge in [-0.3, -0.25) is 10.3 Å². The Labute approximate surface area is 104 Å². The van der Waals surface area contributed by atoms with E-state index >= 15 is 0 Å². The predicted molar refractivity (Wildman–Crippen MR) is 65.5 cm³/mol. The van der Waals surface area contributed by atoms with Gasteiger partial charge < -0.3 is 10.3 Å². The summed E-state index contributed by atoms with van der Waals surface area (Å²) in [6.45, 7) is 1.87. The molecule has 0 radical (unpaired) electrons. The number of hydrogen-bond acceptors (Lipinski definition) is 5. The van der Waals surface area contributed by atoms with Gasteiger partial charge in [0.1, 0.15) is 5.76 Å². The van der Waals surface area contributed by atoms with Gasteiger partial charge in [-0.25, -0.2) is 0 Å². The largest absolute Gasteiger partial charge is 0.506 e. The molecule has 0 saturated carbocycles. The van der Waals surface area contributed by atoms with Gasteiger partial charge in [0.15, 0.2) is 5.71 Å². The smallest absolute Gasteiger partial charge is 0.152 e. The Kier molecular flexibility index (Phi) is 2.18. The van der Waals surface area contributed by atoms with Crippen LogP contribution in [-0.4, -0.2) is 26.3 Å². The summed E-state index contributed by atoms with van der Waals surface area (Å²) >= 11 is 0. The molecule has 0 saturated heterocycles. The van der Waals surface area contributed by atoms with Crippen LogP contribution in [0.5, 0.6) is 0 Å². The second-order valence-corrected chi connectivity index (χ2v) is 4.39. The fourth-order valence-corrected chi connectivity index (χ4v) is 2.47. The fraction of sp³-hybridized carbons (Fsp3) is 0.154. The van der Waals surface area contributed by atoms with Crippen LogP contribution in [0.4, 0.5) is 0 Å². The first kappa shape index (κ1) is 10.9. The number of aliphatic hydroxyl groups is 1. The topological polar surface area (TPSA) is 76.3 Å². The van der Waals surface area contributed by atoms with Crippen molar-refractivity contribution in [1.29, 1.82) is 0 Å². The molecule has 92 valence electrons. The van der Waals surface area contributed by atoms with E-state index in [4.69, 9.17) is 5.21 Å². The molecule has 1 aliphatic carbocycles. The summed E-state index contributed by atoms with van der Waals surface area (Å²) in [7, 11) is 0. The van der Waals surface area contributed by atoms with Gasteiger partial charge in [-0.2, -0.15) is 0 Å². The fourth-order valence-electron chi connectivity index (χ4n) is 2.47. The molecule has 5 heteroatoms. The molecule has 1 atom stereocenters. The Morgan fingerprint density at radius 3 is 2.83 bits per heavy atom. The quantitative estimate of drug-likeness (QED) is 0.484. The van der Waals surface area contributed by atoms with Crippen LogP contribution in [-0.2, 0) is 0 Å². The van der Waals surface area contributed by atoms with E-state index in [2.05, 4.69) is 5.16 Å². The Morgan fingerprint density at radius 2 is 2.11 bits per heavy atom. The highest BCUT2D eigenvalue weighted by Gasteiger charge is 2.30. The maximum absolute atomic E-state index is 9.82. The SMILES string of the molecule is CC1c2cccc3c2C(=CN1O)C=C(O)C3=NO. The molecule has 0 bridgehead atoms. The van der Waals surface area contributed by atoms with E-state index < -0.39 is 0 Å². The molecule has 18 heavy (non-hydrogen) atoms. The minimum absolute atomic E-state index is 0.114. The van der Waals surface area contributed by atoms with Crippen molar-refractivity contribution in [3.05, 3.63) is 52.9 Å². The predicted octanol–water partition coefficient (Wildman–Crippen LogP) is 2.43. The molecule has 0 aromatic heterocycles. The number of hydroxylamine groups is 2. The van der Waals surface area contributed by atoms with Gasteiger partial charge >= 0.3 is 0 Å². The van der Waals surface area contributed by atoms with E-state index in [1.807, 2.05) is 19.1 Å². The molecule has 3 N–H and O–H groups in total. The van der Waals surface area contributed by atoms with Crippen LogP contribution in [0.1, 0.15) is 29.7 Å². The summed E-state index contributed by atoms with van der Waals surface area (Å²) < 4.78 is 0. The number of rotatable bonds is 0. The lowest BCUT2D eigenvalue weighted by atomic mass is 9.83. The Bertz CT molecular complexity index is 617. The summed E-state index contributed by atoms with van der Waals surface area (Å²) in [5, 5.41) is 32.9. The maximum atomic E-state index is 9.82. The van der Waals surface area contributed by atoms with Gasteiger partial charge in [0.05, 0.1) is 6.04 Å². The first-order chi connectivity index (χ1) is 8.63. The van der Waals surface area contributed by atoms with E-state index in [0.717, 1.165) is 16.2 Å². The molecule has 0 amide bonds. The first-order valence-corrected chi connectivity index (χ1v) is 5.59. The third-order valence-corrected chi connectivity index (χ3v) is 3.39. The van der Waals surface area contributed by atoms with Gasteiger partial charge in [0.2, 0.25) is 0 Å². The van der Waals surface area contributed by atoms with Crippen LogP contribution in [0.3, 0.4) is 0 Å². The number of hydrogen-bond donors (Lipinski definition) is 3. The first-order valence-electron chi connectivity index (χ1n) is 5.59. The van der Waals surface area contributed by atoms with Crippen molar-refractivity contribution >= 4 is 11.3 Å². The number of nitrogens with zero attached hydrogens (tertiary/aromatic N) is 2. The molecule has 3 rings (SSSR count). The molecule has 0 spiro atoms. The standard InChI is InChI=1S/C13H12N2O3/c1-7-9-3-2-4-10-12(9)8(6-15(7)18)5-11(16)13(10)14-17/h2-7,16-18H,1H3. The summed E-state index contributed by atoms with van der Waals surface area (Å²) in [5.41, 5.74) is 3.34. The van der Waals surface area contributed by atoms with Crippen molar-refractivity contribution in [1.82, 2.24) is 5.06 Å². The van der Waals surface area contributed by atoms with Gasteiger partial charge in [-0.05, 0) is 24.1 Å². The van der Waals surface area contributed by atoms with E-state index in [9.17, 15) is 10.3 Å². The van der Waals surface area contributed by atoms with Crippen molar-refractivity contribution in [2.45, 2.75) is 13.0 Å². The monoisotopic (exact) mass is 244 g/mol. The van der Waals surface area contributed by atoms with Crippen molar-refractivity contribution in [2.24, 2.45) is 5.16 Å². The van der Waals surface area contributed by atoms with Gasteiger partial charge in [-0.15, -0.1) is 0 Å². The Balaban J connectivity index is 2.35. The number of benzene rings is 1. The van der Waals surface area contributed by atoms with Crippen LogP contribution in [0.15, 0.2) is 41.4 Å². The normalized spacial score (nSPS) is 23.6. The molecule has 1 unspecified atom stereocenters. The minimum Gasteiger partial charge on any atom is -0.506 e. The van der Waals surface area contributed by atoms with Crippen molar-refractivity contribution in [2.75, 3.05) is 0 Å². The van der Waals surface area contributed by atoms with Crippen LogP contribution in [0.2, 0.25) is 0 Å². The molecule has 2 aliphatic rings. The summed E-state index contributed by atoms with van der Waals surface area (Å²) in [5.74, 6) is -0.114. The third kappa shape index (κ3) is 1.28. The lowest BCUT2D eigenvalue weighted by Gasteiger charge is -2.32. The van der Waals surface area contributed by atoms with Gasteiger partial charge in [0, 0.05) is 17.3 Å². The highest BCUT2D eigenvalue weighted by Crippen LogP contribution is 2.39. The number of allylic oxidation sites excluding steroid dienone is 3. The van der Waals surface area contributed by atoms with Crippen LogP contribution >= 0.6 is 0 Å². The molecular formula is C13H12N2O3. The van der Waals surface area contributed by atoms with E-state index in [1.54, 1.807) is 12.3 Å². The number of oxime groups is 1. The molecule has 0 fully saturated rings. The lowest BCUT2D eigenvalue weighted by Crippen LogP contribution is -2.26. The zero-order valence-corrected chi connectivity index (χ0v) is 9.70. The third-order valence-electron chi connectivity index (χ3n) is 3.39. The van der Waals surface area contributed by atoms with Crippen molar-refractivity contribution in [3.63, 3.8) is 0 Å². The van der Waals surface area contributed by atoms with Gasteiger partial charge in [-0.1, -0.05) is 23.4 Å². The van der Waals surface area contributed by atoms with Gasteiger partial charge in [0.25, 0.3) is 0 Å². The van der Waals surface area contributed by atoms with Crippen molar-refractivity contribution < 1.29 is 15.5 Å². The van der Waals surface area contributed by atoms with Crippen LogP contribution in [0, 0.1) is 0 Å². The van der Waals surface area contributed by atoms with Crippen molar-refractivity contribution in [3.8, 4) is 0 Å². The highest BCUT2D eigenvalue weighted by molar-refractivity contribution is 6.17. The molecule has 5 nitrogen and oxygen atoms in total. The zero-order valence-electron chi connectivity index (χ0n) is 9.70. The summed E-state index contributed by atoms with van der Waals surface area (Å²) in [6.07, 6.45) is 3.04. The average molecular weight is 244 g/mol. The second-order valence-electron chi connectivity index (χ2n) is 4.39. The molecular weight excluding hydrogens is 232 g/mol. The zero-order chi connectivity index (χ0) is 12.9. The molecule has 1 aromatic rings. The molecule has 1 aromatic carbocycles. The number of aliphatic hydroxyl groups excluding tert-OH is 1. The lowest BCUT2D eigenvalue weighted by molar-refractivity contribution is -0.0759. The molecule has 1 aliphatic heterocycles. The van der Waals surface area contributed by atoms with Crippen LogP contribution < -0.4 is 0 Å². The Hall–Kier alpha value is -2.27. The maximum Gasteiger partial charge on any atom is 0.152 e. The van der Waals surface area contributed by atoms with E-state index in [1.165, 1.54) is 6.08 Å². The van der Waals surface area contributed by atoms with E-state index in [-0.39, 0.29) is 17.5 Å². The Morgan fingerprint density at radius 1 is 1.33 bits per heavy atom. The van der Waals surface area contributed by atoms with Crippen LogP contribution in [0.25, 0.3) is 5.57 Å². The summed E-state index contributed by atoms with van der Waals surface area (Å²) in [6, 6.07) is 5.32. The second kappa shape index (κ2) is 3.61. The average Bonchev–Trinajstić information content (AvgIpc) is 2.36. The minimum atomic E-state index is -0.183. The van der Waals surface area contributed by atoms with E-state index in [0.29, 0.717) is 11.1 Å². The summed E-state index contributed by atoms with van der Waals surface area (Å²) in [4.78, 5) is 0. The highest BCUT2D eigenvalue weighted by atomic mass is 16.5.